The molecule has 9 atom stereocenters. The smallest absolute Gasteiger partial charge is 0.173 e. The highest BCUT2D eigenvalue weighted by Gasteiger charge is 2.66. The van der Waals surface area contributed by atoms with Crippen molar-refractivity contribution in [3.8, 4) is 0 Å². The molecule has 5 rings (SSSR count). The molecule has 6 unspecified atom stereocenters. The molecule has 2 N–H and O–H groups in total. The third-order valence-electron chi connectivity index (χ3n) is 9.79. The highest BCUT2D eigenvalue weighted by atomic mass is 19.1. The number of aliphatic hydroxyl groups excluding tert-OH is 1. The average molecular weight is 435 g/mol. The number of hydrogen-bond donors (Lipinski definition) is 2. The molecular formula is C24H35FN2O4. The van der Waals surface area contributed by atoms with Gasteiger partial charge in [0, 0.05) is 30.2 Å². The number of nitrogens with zero attached hydrogens (tertiary/aromatic N) is 1. The van der Waals surface area contributed by atoms with Crippen molar-refractivity contribution in [1.82, 2.24) is 5.32 Å². The first-order chi connectivity index (χ1) is 14.8. The monoisotopic (exact) mass is 434 g/mol. The van der Waals surface area contributed by atoms with E-state index in [1.165, 1.54) is 0 Å². The van der Waals surface area contributed by atoms with Crippen LogP contribution in [0.3, 0.4) is 0 Å². The van der Waals surface area contributed by atoms with E-state index in [4.69, 9.17) is 4.84 Å². The number of oxime groups is 1. The number of carbonyl (C=O) groups is 2. The normalized spacial score (nSPS) is 50.8. The second kappa shape index (κ2) is 7.62. The van der Waals surface area contributed by atoms with Gasteiger partial charge in [0.05, 0.1) is 12.3 Å². The molecule has 5 fully saturated rings. The van der Waals surface area contributed by atoms with Gasteiger partial charge in [-0.3, -0.25) is 9.59 Å². The van der Waals surface area contributed by atoms with Crippen LogP contribution >= 0.6 is 0 Å². The molecule has 172 valence electrons. The fraction of sp³-hybridized carbons (Fsp3) is 0.875. The van der Waals surface area contributed by atoms with Gasteiger partial charge in [0.2, 0.25) is 0 Å². The quantitative estimate of drug-likeness (QED) is 0.667. The first-order valence-electron chi connectivity index (χ1n) is 12.0. The Hall–Kier alpha value is -1.34. The standard InChI is InChI=1S/C24H35FN2O4/c1-23-6-3-13(27-31-14-5-8-26-11-14)9-17(23)15(12-28)21(29)20-16(23)4-7-24(2)18(20)10-19(25)22(24)30/h14-20,26,28H,3-12H2,1-2H3/b27-13+/t14?,15-,16?,17?,18?,19?,20?,23-,24+/m1/s1. The summed E-state index contributed by atoms with van der Waals surface area (Å²) in [4.78, 5) is 32.0. The van der Waals surface area contributed by atoms with Crippen molar-refractivity contribution in [3.05, 3.63) is 0 Å². The van der Waals surface area contributed by atoms with Gasteiger partial charge in [-0.05, 0) is 68.2 Å². The van der Waals surface area contributed by atoms with Crippen LogP contribution in [0.4, 0.5) is 4.39 Å². The molecule has 0 aromatic heterocycles. The van der Waals surface area contributed by atoms with E-state index in [1.54, 1.807) is 0 Å². The van der Waals surface area contributed by atoms with Crippen molar-refractivity contribution in [1.29, 1.82) is 0 Å². The Morgan fingerprint density at radius 1 is 1.19 bits per heavy atom. The number of fused-ring (bicyclic) bond motifs is 5. The van der Waals surface area contributed by atoms with E-state index in [1.807, 2.05) is 6.92 Å². The van der Waals surface area contributed by atoms with Crippen molar-refractivity contribution in [2.45, 2.75) is 71.1 Å². The first-order valence-corrected chi connectivity index (χ1v) is 12.0. The molecule has 0 aromatic rings. The number of rotatable bonds is 3. The maximum absolute atomic E-state index is 14.5. The lowest BCUT2D eigenvalue weighted by atomic mass is 9.43. The lowest BCUT2D eigenvalue weighted by Crippen LogP contribution is -2.61. The second-order valence-corrected chi connectivity index (χ2v) is 11.1. The van der Waals surface area contributed by atoms with Crippen molar-refractivity contribution < 1.29 is 23.9 Å². The maximum Gasteiger partial charge on any atom is 0.173 e. The lowest BCUT2D eigenvalue weighted by molar-refractivity contribution is -0.166. The van der Waals surface area contributed by atoms with Crippen LogP contribution in [0.1, 0.15) is 58.8 Å². The molecule has 0 amide bonds. The fourth-order valence-electron chi connectivity index (χ4n) is 7.90. The Kier molecular flexibility index (Phi) is 5.28. The first kappa shape index (κ1) is 21.5. The number of Topliss-reactive ketones (excluding diaryl/α,β-unsaturated/α-hetero) is 2. The SMILES string of the molecule is C[C@]12CC/C(=N\OC3CCNC3)CC1[C@@H](CO)C(=O)C1C2CC[C@]2(C)C(=O)C(F)CC12. The van der Waals surface area contributed by atoms with E-state index in [0.29, 0.717) is 12.8 Å². The average Bonchev–Trinajstić information content (AvgIpc) is 3.35. The van der Waals surface area contributed by atoms with Crippen LogP contribution in [0, 0.1) is 40.4 Å². The van der Waals surface area contributed by atoms with E-state index < -0.39 is 17.5 Å². The summed E-state index contributed by atoms with van der Waals surface area (Å²) < 4.78 is 14.5. The second-order valence-electron chi connectivity index (χ2n) is 11.1. The number of hydrogen-bond acceptors (Lipinski definition) is 6. The van der Waals surface area contributed by atoms with E-state index in [9.17, 15) is 19.1 Å². The fourth-order valence-corrected chi connectivity index (χ4v) is 7.90. The summed E-state index contributed by atoms with van der Waals surface area (Å²) >= 11 is 0. The van der Waals surface area contributed by atoms with Gasteiger partial charge >= 0.3 is 0 Å². The molecule has 5 aliphatic rings. The summed E-state index contributed by atoms with van der Waals surface area (Å²) in [5.41, 5.74) is 0.141. The van der Waals surface area contributed by atoms with Gasteiger partial charge in [0.15, 0.2) is 12.0 Å². The molecule has 4 saturated carbocycles. The van der Waals surface area contributed by atoms with Crippen LogP contribution in [-0.4, -0.2) is 54.4 Å². The summed E-state index contributed by atoms with van der Waals surface area (Å²) in [6, 6.07) is 0. The molecule has 0 aromatic carbocycles. The van der Waals surface area contributed by atoms with Gasteiger partial charge in [-0.2, -0.15) is 0 Å². The highest BCUT2D eigenvalue weighted by Crippen LogP contribution is 2.65. The third kappa shape index (κ3) is 3.13. The Bertz CT molecular complexity index is 796. The summed E-state index contributed by atoms with van der Waals surface area (Å²) in [6.07, 6.45) is 3.61. The number of halogens is 1. The van der Waals surface area contributed by atoms with Crippen molar-refractivity contribution in [2.75, 3.05) is 19.7 Å². The van der Waals surface area contributed by atoms with Crippen LogP contribution < -0.4 is 5.32 Å². The van der Waals surface area contributed by atoms with Crippen LogP contribution in [0.2, 0.25) is 0 Å². The molecule has 7 heteroatoms. The predicted molar refractivity (Wildman–Crippen MR) is 113 cm³/mol. The zero-order chi connectivity index (χ0) is 22.0. The van der Waals surface area contributed by atoms with Gasteiger partial charge in [-0.25, -0.2) is 4.39 Å². The Morgan fingerprint density at radius 2 is 2.00 bits per heavy atom. The summed E-state index contributed by atoms with van der Waals surface area (Å²) in [5, 5.41) is 18.0. The van der Waals surface area contributed by atoms with Gasteiger partial charge in [0.25, 0.3) is 0 Å². The molecule has 0 spiro atoms. The Labute approximate surface area is 183 Å². The highest BCUT2D eigenvalue weighted by molar-refractivity contribution is 5.95. The summed E-state index contributed by atoms with van der Waals surface area (Å²) in [6.45, 7) is 5.69. The zero-order valence-corrected chi connectivity index (χ0v) is 18.6. The largest absolute Gasteiger partial charge is 0.396 e. The molecule has 1 saturated heterocycles. The van der Waals surface area contributed by atoms with Crippen LogP contribution in [0.25, 0.3) is 0 Å². The van der Waals surface area contributed by atoms with Gasteiger partial charge < -0.3 is 15.3 Å². The molecule has 31 heavy (non-hydrogen) atoms. The maximum atomic E-state index is 14.5. The molecular weight excluding hydrogens is 399 g/mol. The topological polar surface area (TPSA) is 88.0 Å². The van der Waals surface area contributed by atoms with Gasteiger partial charge in [0.1, 0.15) is 11.9 Å². The number of carbonyl (C=O) groups excluding carboxylic acids is 2. The Morgan fingerprint density at radius 3 is 2.71 bits per heavy atom. The van der Waals surface area contributed by atoms with Crippen LogP contribution in [-0.2, 0) is 14.4 Å². The summed E-state index contributed by atoms with van der Waals surface area (Å²) in [7, 11) is 0. The van der Waals surface area contributed by atoms with E-state index in [2.05, 4.69) is 17.4 Å². The number of alkyl halides is 1. The zero-order valence-electron chi connectivity index (χ0n) is 18.6. The van der Waals surface area contributed by atoms with Gasteiger partial charge in [-0.15, -0.1) is 0 Å². The van der Waals surface area contributed by atoms with Gasteiger partial charge in [-0.1, -0.05) is 19.0 Å². The van der Waals surface area contributed by atoms with E-state index in [-0.39, 0.29) is 59.8 Å². The lowest BCUT2D eigenvalue weighted by Gasteiger charge is -2.60. The van der Waals surface area contributed by atoms with Crippen molar-refractivity contribution >= 4 is 17.3 Å². The van der Waals surface area contributed by atoms with E-state index >= 15 is 0 Å². The minimum Gasteiger partial charge on any atom is -0.396 e. The third-order valence-corrected chi connectivity index (χ3v) is 9.79. The molecule has 0 bridgehead atoms. The van der Waals surface area contributed by atoms with Crippen molar-refractivity contribution in [3.63, 3.8) is 0 Å². The van der Waals surface area contributed by atoms with Crippen LogP contribution in [0.5, 0.6) is 0 Å². The minimum absolute atomic E-state index is 0.0201. The molecule has 4 aliphatic carbocycles. The molecule has 1 aliphatic heterocycles. The number of nitrogens with one attached hydrogen (secondary N) is 1. The molecule has 1 heterocycles. The predicted octanol–water partition coefficient (Wildman–Crippen LogP) is 2.68. The van der Waals surface area contributed by atoms with Crippen molar-refractivity contribution in [2.24, 2.45) is 45.6 Å². The number of aliphatic hydroxyl groups is 1. The Balaban J connectivity index is 1.42. The van der Waals surface area contributed by atoms with Crippen LogP contribution in [0.15, 0.2) is 5.16 Å². The number of ketones is 2. The summed E-state index contributed by atoms with van der Waals surface area (Å²) in [5.74, 6) is -1.12. The molecule has 0 radical (unpaired) electrons. The minimum atomic E-state index is -1.45. The van der Waals surface area contributed by atoms with E-state index in [0.717, 1.165) is 44.5 Å². The molecule has 6 nitrogen and oxygen atoms in total.